The molecule has 0 radical (unpaired) electrons. The SMILES string of the molecule is CS(=O)(=O)N(CCC(=O)NCc1cccnc1)CCc1ccc(Cl)cc1. The number of halogens is 1. The van der Waals surface area contributed by atoms with E-state index >= 15 is 0 Å². The van der Waals surface area contributed by atoms with E-state index in [2.05, 4.69) is 10.3 Å². The van der Waals surface area contributed by atoms with Crippen LogP contribution in [0.1, 0.15) is 17.5 Å². The second-order valence-electron chi connectivity index (χ2n) is 5.93. The average molecular weight is 396 g/mol. The first-order valence-electron chi connectivity index (χ1n) is 8.20. The van der Waals surface area contributed by atoms with Crippen molar-refractivity contribution in [2.24, 2.45) is 0 Å². The minimum atomic E-state index is -3.39. The van der Waals surface area contributed by atoms with Gasteiger partial charge in [-0.2, -0.15) is 0 Å². The number of nitrogens with zero attached hydrogens (tertiary/aromatic N) is 2. The Morgan fingerprint density at radius 3 is 2.50 bits per heavy atom. The maximum Gasteiger partial charge on any atom is 0.221 e. The summed E-state index contributed by atoms with van der Waals surface area (Å²) in [6, 6.07) is 10.9. The van der Waals surface area contributed by atoms with Crippen molar-refractivity contribution < 1.29 is 13.2 Å². The average Bonchev–Trinajstić information content (AvgIpc) is 2.61. The fraction of sp³-hybridized carbons (Fsp3) is 0.333. The summed E-state index contributed by atoms with van der Waals surface area (Å²) in [5.74, 6) is -0.200. The molecule has 0 aliphatic carbocycles. The highest BCUT2D eigenvalue weighted by Gasteiger charge is 2.17. The van der Waals surface area contributed by atoms with Gasteiger partial charge in [-0.15, -0.1) is 0 Å². The number of aromatic nitrogens is 1. The molecular weight excluding hydrogens is 374 g/mol. The van der Waals surface area contributed by atoms with Crippen LogP contribution in [-0.4, -0.2) is 43.0 Å². The Balaban J connectivity index is 1.83. The summed E-state index contributed by atoms with van der Waals surface area (Å²) >= 11 is 5.85. The first-order valence-corrected chi connectivity index (χ1v) is 10.4. The van der Waals surface area contributed by atoms with E-state index in [1.54, 1.807) is 30.6 Å². The summed E-state index contributed by atoms with van der Waals surface area (Å²) < 4.78 is 25.3. The van der Waals surface area contributed by atoms with Crippen molar-refractivity contribution in [2.45, 2.75) is 19.4 Å². The van der Waals surface area contributed by atoms with Crippen molar-refractivity contribution in [3.8, 4) is 0 Å². The zero-order valence-corrected chi connectivity index (χ0v) is 16.1. The molecule has 0 unspecified atom stereocenters. The van der Waals surface area contributed by atoms with Gasteiger partial charge in [0.15, 0.2) is 0 Å². The number of rotatable bonds is 9. The lowest BCUT2D eigenvalue weighted by Gasteiger charge is -2.19. The Hall–Kier alpha value is -1.96. The number of benzene rings is 1. The molecule has 0 saturated carbocycles. The summed E-state index contributed by atoms with van der Waals surface area (Å²) in [5, 5.41) is 3.41. The lowest BCUT2D eigenvalue weighted by molar-refractivity contribution is -0.121. The zero-order valence-electron chi connectivity index (χ0n) is 14.6. The molecule has 0 saturated heterocycles. The van der Waals surface area contributed by atoms with Gasteiger partial charge in [0.1, 0.15) is 0 Å². The molecule has 2 rings (SSSR count). The van der Waals surface area contributed by atoms with E-state index in [9.17, 15) is 13.2 Å². The molecule has 1 N–H and O–H groups in total. The second-order valence-corrected chi connectivity index (χ2v) is 8.35. The Morgan fingerprint density at radius 2 is 1.88 bits per heavy atom. The molecule has 8 heteroatoms. The molecule has 0 spiro atoms. The molecule has 26 heavy (non-hydrogen) atoms. The van der Waals surface area contributed by atoms with Gasteiger partial charge in [0, 0.05) is 43.5 Å². The van der Waals surface area contributed by atoms with Gasteiger partial charge in [-0.1, -0.05) is 29.8 Å². The van der Waals surface area contributed by atoms with Gasteiger partial charge in [0.2, 0.25) is 15.9 Å². The molecule has 140 valence electrons. The van der Waals surface area contributed by atoms with E-state index in [0.29, 0.717) is 24.5 Å². The van der Waals surface area contributed by atoms with Gasteiger partial charge in [-0.25, -0.2) is 12.7 Å². The van der Waals surface area contributed by atoms with Crippen molar-refractivity contribution in [1.29, 1.82) is 0 Å². The summed E-state index contributed by atoms with van der Waals surface area (Å²) in [4.78, 5) is 16.0. The van der Waals surface area contributed by atoms with Crippen LogP contribution in [0.15, 0.2) is 48.8 Å². The van der Waals surface area contributed by atoms with E-state index in [-0.39, 0.29) is 18.9 Å². The first-order chi connectivity index (χ1) is 12.3. The molecular formula is C18H22ClN3O3S. The fourth-order valence-electron chi connectivity index (χ4n) is 2.37. The highest BCUT2D eigenvalue weighted by molar-refractivity contribution is 7.88. The quantitative estimate of drug-likeness (QED) is 0.706. The molecule has 0 atom stereocenters. The lowest BCUT2D eigenvalue weighted by atomic mass is 10.1. The number of sulfonamides is 1. The van der Waals surface area contributed by atoms with Crippen LogP contribution in [0.25, 0.3) is 0 Å². The van der Waals surface area contributed by atoms with Gasteiger partial charge in [-0.3, -0.25) is 9.78 Å². The van der Waals surface area contributed by atoms with Gasteiger partial charge in [-0.05, 0) is 35.7 Å². The van der Waals surface area contributed by atoms with Gasteiger partial charge in [0.05, 0.1) is 6.26 Å². The van der Waals surface area contributed by atoms with Crippen LogP contribution in [0, 0.1) is 0 Å². The standard InChI is InChI=1S/C18H22ClN3O3S/c1-26(24,25)22(11-8-15-4-6-17(19)7-5-15)12-9-18(23)21-14-16-3-2-10-20-13-16/h2-7,10,13H,8-9,11-12,14H2,1H3,(H,21,23). The Labute approximate surface area is 159 Å². The van der Waals surface area contributed by atoms with Gasteiger partial charge in [0.25, 0.3) is 0 Å². The maximum absolute atomic E-state index is 12.0. The van der Waals surface area contributed by atoms with E-state index < -0.39 is 10.0 Å². The summed E-state index contributed by atoms with van der Waals surface area (Å²) in [5.41, 5.74) is 1.88. The lowest BCUT2D eigenvalue weighted by Crippen LogP contribution is -2.35. The summed E-state index contributed by atoms with van der Waals surface area (Å²) in [7, 11) is -3.39. The Bertz CT molecular complexity index is 811. The van der Waals surface area contributed by atoms with Crippen molar-refractivity contribution in [1.82, 2.24) is 14.6 Å². The second kappa shape index (κ2) is 9.66. The van der Waals surface area contributed by atoms with Crippen LogP contribution in [0.2, 0.25) is 5.02 Å². The zero-order chi connectivity index (χ0) is 19.0. The molecule has 0 aliphatic heterocycles. The smallest absolute Gasteiger partial charge is 0.221 e. The third-order valence-electron chi connectivity index (χ3n) is 3.83. The van der Waals surface area contributed by atoms with E-state index in [1.165, 1.54) is 4.31 Å². The molecule has 1 heterocycles. The van der Waals surface area contributed by atoms with Gasteiger partial charge >= 0.3 is 0 Å². The van der Waals surface area contributed by atoms with Crippen LogP contribution >= 0.6 is 11.6 Å². The number of carbonyl (C=O) groups is 1. The molecule has 1 amide bonds. The molecule has 0 bridgehead atoms. The predicted octanol–water partition coefficient (Wildman–Crippen LogP) is 2.25. The van der Waals surface area contributed by atoms with Crippen LogP contribution < -0.4 is 5.32 Å². The number of nitrogens with one attached hydrogen (secondary N) is 1. The molecule has 2 aromatic rings. The van der Waals surface area contributed by atoms with Crippen LogP contribution in [0.4, 0.5) is 0 Å². The normalized spacial score (nSPS) is 11.5. The number of amides is 1. The fourth-order valence-corrected chi connectivity index (χ4v) is 3.34. The number of pyridine rings is 1. The van der Waals surface area contributed by atoms with E-state index in [0.717, 1.165) is 17.4 Å². The van der Waals surface area contributed by atoms with Crippen molar-refractivity contribution in [2.75, 3.05) is 19.3 Å². The highest BCUT2D eigenvalue weighted by atomic mass is 35.5. The van der Waals surface area contributed by atoms with Gasteiger partial charge < -0.3 is 5.32 Å². The summed E-state index contributed by atoms with van der Waals surface area (Å²) in [6.45, 7) is 0.831. The molecule has 0 aliphatic rings. The first kappa shape index (κ1) is 20.4. The minimum Gasteiger partial charge on any atom is -0.352 e. The largest absolute Gasteiger partial charge is 0.352 e. The molecule has 0 fully saturated rings. The molecule has 1 aromatic heterocycles. The maximum atomic E-state index is 12.0. The number of carbonyl (C=O) groups excluding carboxylic acids is 1. The third-order valence-corrected chi connectivity index (χ3v) is 5.39. The Morgan fingerprint density at radius 1 is 1.15 bits per heavy atom. The predicted molar refractivity (Wildman–Crippen MR) is 102 cm³/mol. The Kier molecular flexibility index (Phi) is 7.56. The minimum absolute atomic E-state index is 0.105. The van der Waals surface area contributed by atoms with Crippen LogP contribution in [0.3, 0.4) is 0 Å². The third kappa shape index (κ3) is 7.11. The summed E-state index contributed by atoms with van der Waals surface area (Å²) in [6.07, 6.45) is 5.16. The highest BCUT2D eigenvalue weighted by Crippen LogP contribution is 2.11. The number of hydrogen-bond acceptors (Lipinski definition) is 4. The monoisotopic (exact) mass is 395 g/mol. The topological polar surface area (TPSA) is 79.4 Å². The molecule has 1 aromatic carbocycles. The molecule has 6 nitrogen and oxygen atoms in total. The van der Waals surface area contributed by atoms with Crippen LogP contribution in [-0.2, 0) is 27.8 Å². The van der Waals surface area contributed by atoms with E-state index in [1.807, 2.05) is 18.2 Å². The van der Waals surface area contributed by atoms with Crippen molar-refractivity contribution in [3.05, 3.63) is 64.9 Å². The number of hydrogen-bond donors (Lipinski definition) is 1. The van der Waals surface area contributed by atoms with Crippen molar-refractivity contribution in [3.63, 3.8) is 0 Å². The van der Waals surface area contributed by atoms with Crippen LogP contribution in [0.5, 0.6) is 0 Å². The van der Waals surface area contributed by atoms with E-state index in [4.69, 9.17) is 11.6 Å². The van der Waals surface area contributed by atoms with Crippen molar-refractivity contribution >= 4 is 27.5 Å².